The second kappa shape index (κ2) is 5.71. The van der Waals surface area contributed by atoms with Crippen LogP contribution in [0, 0.1) is 0 Å². The van der Waals surface area contributed by atoms with Crippen molar-refractivity contribution in [2.24, 2.45) is 0 Å². The number of pyridine rings is 1. The number of hydrogen-bond donors (Lipinski definition) is 1. The Morgan fingerprint density at radius 2 is 2.40 bits per heavy atom. The average molecular weight is 234 g/mol. The van der Waals surface area contributed by atoms with Crippen molar-refractivity contribution in [3.63, 3.8) is 0 Å². The number of H-pyrrole nitrogens is 1. The molecule has 0 atom stereocenters. The fraction of sp³-hybridized carbons (Fsp3) is 0.111. The van der Waals surface area contributed by atoms with Crippen LogP contribution in [0.25, 0.3) is 10.9 Å². The number of aromatic amines is 1. The number of nitrogens with zero attached hydrogens (tertiary/aromatic N) is 1. The van der Waals surface area contributed by atoms with Crippen molar-refractivity contribution < 1.29 is 13.9 Å². The molecule has 0 aliphatic rings. The molecule has 74 valence electrons. The van der Waals surface area contributed by atoms with E-state index in [4.69, 9.17) is 4.74 Å². The van der Waals surface area contributed by atoms with Crippen molar-refractivity contribution in [1.29, 1.82) is 0 Å². The van der Waals surface area contributed by atoms with Gasteiger partial charge in [-0.05, 0) is 6.07 Å². The van der Waals surface area contributed by atoms with Gasteiger partial charge in [-0.1, -0.05) is 0 Å². The Morgan fingerprint density at radius 3 is 3.13 bits per heavy atom. The second-order valence-electron chi connectivity index (χ2n) is 2.68. The van der Waals surface area contributed by atoms with E-state index in [1.54, 1.807) is 18.5 Å². The minimum atomic E-state index is -1.13. The summed E-state index contributed by atoms with van der Waals surface area (Å²) in [5, 5.41) is 0.661. The monoisotopic (exact) mass is 234 g/mol. The normalized spacial score (nSPS) is 9.67. The summed E-state index contributed by atoms with van der Waals surface area (Å²) in [5.41, 5.74) is 0.793. The van der Waals surface area contributed by atoms with Crippen LogP contribution in [0.2, 0.25) is 0 Å². The van der Waals surface area contributed by atoms with E-state index in [2.05, 4.69) is 9.97 Å². The molecule has 0 fully saturated rings. The van der Waals surface area contributed by atoms with Crippen LogP contribution < -0.4 is 4.74 Å². The summed E-state index contributed by atoms with van der Waals surface area (Å²) in [6.07, 6.45) is 4.66. The predicted octanol–water partition coefficient (Wildman–Crippen LogP) is 0.789. The maximum absolute atomic E-state index is 11.9. The maximum atomic E-state index is 11.9. The van der Waals surface area contributed by atoms with Crippen LogP contribution in [0.1, 0.15) is 0 Å². The molecule has 4 nitrogen and oxygen atoms in total. The van der Waals surface area contributed by atoms with Gasteiger partial charge in [0.1, 0.15) is 0 Å². The topological polar surface area (TPSA) is 55.0 Å². The van der Waals surface area contributed by atoms with Gasteiger partial charge in [-0.15, -0.1) is 0 Å². The molecule has 0 unspecified atom stereocenters. The molecular weight excluding hydrogens is 226 g/mol. The Labute approximate surface area is 128 Å². The second-order valence-corrected chi connectivity index (χ2v) is 2.68. The summed E-state index contributed by atoms with van der Waals surface area (Å²) in [6.45, 7) is -1.13. The number of carbonyl (C=O) groups excluding carboxylic acids is 1. The zero-order valence-corrected chi connectivity index (χ0v) is 7.16. The summed E-state index contributed by atoms with van der Waals surface area (Å²) >= 11 is 0. The summed E-state index contributed by atoms with van der Waals surface area (Å²) < 4.78 is 16.6. The van der Waals surface area contributed by atoms with Crippen LogP contribution in [0.5, 0.6) is 5.75 Å². The molecule has 0 amide bonds. The molecule has 0 spiro atoms. The van der Waals surface area contributed by atoms with Crippen LogP contribution in [0.3, 0.4) is 0 Å². The third kappa shape index (κ3) is 2.85. The van der Waals surface area contributed by atoms with E-state index < -0.39 is 12.6 Å². The quantitative estimate of drug-likeness (QED) is 0.617. The first-order valence-corrected chi connectivity index (χ1v) is 3.99. The Morgan fingerprint density at radius 1 is 1.60 bits per heavy atom. The molecule has 15 heavy (non-hydrogen) atoms. The first-order chi connectivity index (χ1) is 6.81. The summed E-state index contributed by atoms with van der Waals surface area (Å²) in [6, 6.07) is 1.74. The Bertz CT molecular complexity index is 472. The SMILES string of the molecule is O=C(CF)Oc1c[nH]c2ccncc12.[KH]. The Balaban J connectivity index is 0.00000112. The molecule has 2 heterocycles. The number of halogens is 1. The molecule has 2 rings (SSSR count). The van der Waals surface area contributed by atoms with Crippen molar-refractivity contribution in [3.05, 3.63) is 24.7 Å². The van der Waals surface area contributed by atoms with Crippen molar-refractivity contribution in [1.82, 2.24) is 9.97 Å². The average Bonchev–Trinajstić information content (AvgIpc) is 2.62. The minimum absolute atomic E-state index is 0. The van der Waals surface area contributed by atoms with Gasteiger partial charge in [0, 0.05) is 18.6 Å². The van der Waals surface area contributed by atoms with E-state index in [9.17, 15) is 9.18 Å². The Hall–Kier alpha value is -0.274. The third-order valence-electron chi connectivity index (χ3n) is 1.78. The van der Waals surface area contributed by atoms with Crippen molar-refractivity contribution >= 4 is 68.3 Å². The van der Waals surface area contributed by atoms with Gasteiger partial charge in [-0.25, -0.2) is 9.18 Å². The van der Waals surface area contributed by atoms with Crippen molar-refractivity contribution in [3.8, 4) is 5.75 Å². The van der Waals surface area contributed by atoms with E-state index in [0.717, 1.165) is 5.52 Å². The first-order valence-electron chi connectivity index (χ1n) is 3.99. The molecule has 0 saturated heterocycles. The van der Waals surface area contributed by atoms with Gasteiger partial charge < -0.3 is 9.72 Å². The number of hydrogen-bond acceptors (Lipinski definition) is 3. The number of esters is 1. The van der Waals surface area contributed by atoms with Gasteiger partial charge in [0.25, 0.3) is 0 Å². The fourth-order valence-corrected chi connectivity index (χ4v) is 1.17. The molecule has 0 saturated carbocycles. The van der Waals surface area contributed by atoms with Crippen LogP contribution in [-0.2, 0) is 4.79 Å². The van der Waals surface area contributed by atoms with Gasteiger partial charge in [0.15, 0.2) is 12.4 Å². The summed E-state index contributed by atoms with van der Waals surface area (Å²) in [5.74, 6) is -0.606. The number of nitrogens with one attached hydrogen (secondary N) is 1. The molecule has 2 aromatic heterocycles. The number of rotatable bonds is 2. The molecule has 0 aromatic carbocycles. The fourth-order valence-electron chi connectivity index (χ4n) is 1.17. The predicted molar refractivity (Wildman–Crippen MR) is 54.9 cm³/mol. The zero-order chi connectivity index (χ0) is 9.97. The molecule has 0 aliphatic carbocycles. The van der Waals surface area contributed by atoms with Crippen LogP contribution in [-0.4, -0.2) is 74.0 Å². The molecule has 6 heteroatoms. The molecule has 0 aliphatic heterocycles. The number of alkyl halides is 1. The third-order valence-corrected chi connectivity index (χ3v) is 1.78. The standard InChI is InChI=1S/C9H7FN2O2.K.H/c10-3-9(13)14-8-5-12-7-1-2-11-4-6(7)8;;/h1-2,4-5,12H,3H2;;. The summed E-state index contributed by atoms with van der Waals surface area (Å²) in [7, 11) is 0. The van der Waals surface area contributed by atoms with Crippen LogP contribution >= 0.6 is 0 Å². The van der Waals surface area contributed by atoms with Gasteiger partial charge >= 0.3 is 57.4 Å². The van der Waals surface area contributed by atoms with Crippen molar-refractivity contribution in [2.45, 2.75) is 0 Å². The van der Waals surface area contributed by atoms with Crippen LogP contribution in [0.15, 0.2) is 24.7 Å². The molecule has 0 radical (unpaired) electrons. The molecule has 2 aromatic rings. The molecule has 0 bridgehead atoms. The van der Waals surface area contributed by atoms with E-state index in [1.807, 2.05) is 0 Å². The van der Waals surface area contributed by atoms with E-state index in [0.29, 0.717) is 11.1 Å². The van der Waals surface area contributed by atoms with E-state index in [1.165, 1.54) is 6.20 Å². The molecule has 1 N–H and O–H groups in total. The van der Waals surface area contributed by atoms with Gasteiger partial charge in [0.2, 0.25) is 0 Å². The van der Waals surface area contributed by atoms with E-state index in [-0.39, 0.29) is 51.4 Å². The van der Waals surface area contributed by atoms with Crippen LogP contribution in [0.4, 0.5) is 4.39 Å². The van der Waals surface area contributed by atoms with Crippen molar-refractivity contribution in [2.75, 3.05) is 6.67 Å². The number of carbonyl (C=O) groups is 1. The van der Waals surface area contributed by atoms with Gasteiger partial charge in [-0.3, -0.25) is 4.98 Å². The van der Waals surface area contributed by atoms with E-state index >= 15 is 0 Å². The zero-order valence-electron chi connectivity index (χ0n) is 7.16. The summed E-state index contributed by atoms with van der Waals surface area (Å²) in [4.78, 5) is 17.4. The van der Waals surface area contributed by atoms with Gasteiger partial charge in [0.05, 0.1) is 10.9 Å². The number of ether oxygens (including phenoxy) is 1. The molecular formula is C9H8FKN2O2. The number of aromatic nitrogens is 2. The Kier molecular flexibility index (Phi) is 4.87. The number of fused-ring (bicyclic) bond motifs is 1. The first kappa shape index (κ1) is 12.8. The van der Waals surface area contributed by atoms with Gasteiger partial charge in [-0.2, -0.15) is 0 Å².